The zero-order chi connectivity index (χ0) is 13.1. The van der Waals surface area contributed by atoms with Crippen LogP contribution in [-0.2, 0) is 6.54 Å². The van der Waals surface area contributed by atoms with E-state index in [1.807, 2.05) is 13.0 Å². The predicted molar refractivity (Wildman–Crippen MR) is 71.0 cm³/mol. The Balaban J connectivity index is 2.36. The van der Waals surface area contributed by atoms with E-state index >= 15 is 0 Å². The van der Waals surface area contributed by atoms with Crippen LogP contribution in [-0.4, -0.2) is 4.98 Å². The first kappa shape index (κ1) is 13.0. The fourth-order valence-corrected chi connectivity index (χ4v) is 2.04. The Morgan fingerprint density at radius 2 is 2.17 bits per heavy atom. The highest BCUT2D eigenvalue weighted by Gasteiger charge is 2.09. The Kier molecular flexibility index (Phi) is 3.93. The molecule has 0 unspecified atom stereocenters. The molecule has 0 fully saturated rings. The maximum atomic E-state index is 13.2. The first-order chi connectivity index (χ1) is 8.60. The second-order valence-electron chi connectivity index (χ2n) is 3.82. The van der Waals surface area contributed by atoms with Gasteiger partial charge < -0.3 is 10.5 Å². The number of aryl methyl sites for hydroxylation is 1. The van der Waals surface area contributed by atoms with Crippen molar-refractivity contribution in [3.05, 3.63) is 51.9 Å². The Bertz CT molecular complexity index is 555. The molecule has 0 amide bonds. The van der Waals surface area contributed by atoms with Crippen molar-refractivity contribution in [2.45, 2.75) is 13.5 Å². The summed E-state index contributed by atoms with van der Waals surface area (Å²) in [4.78, 5) is 4.12. The van der Waals surface area contributed by atoms with E-state index in [-0.39, 0.29) is 5.82 Å². The molecule has 0 aliphatic rings. The first-order valence-electron chi connectivity index (χ1n) is 5.38. The summed E-state index contributed by atoms with van der Waals surface area (Å²) in [6.07, 6.45) is 1.64. The number of aromatic nitrogens is 1. The normalized spacial score (nSPS) is 10.4. The van der Waals surface area contributed by atoms with Crippen LogP contribution >= 0.6 is 15.9 Å². The van der Waals surface area contributed by atoms with Crippen LogP contribution in [0.15, 0.2) is 34.9 Å². The van der Waals surface area contributed by atoms with Crippen molar-refractivity contribution in [3.8, 4) is 11.6 Å². The van der Waals surface area contributed by atoms with E-state index in [1.165, 1.54) is 12.1 Å². The van der Waals surface area contributed by atoms with Gasteiger partial charge in [-0.2, -0.15) is 0 Å². The summed E-state index contributed by atoms with van der Waals surface area (Å²) in [5, 5.41) is 0. The van der Waals surface area contributed by atoms with Gasteiger partial charge in [0.25, 0.3) is 0 Å². The highest BCUT2D eigenvalue weighted by atomic mass is 79.9. The summed E-state index contributed by atoms with van der Waals surface area (Å²) >= 11 is 3.21. The van der Waals surface area contributed by atoms with Gasteiger partial charge in [0.05, 0.1) is 0 Å². The molecule has 0 saturated carbocycles. The first-order valence-corrected chi connectivity index (χ1v) is 6.18. The topological polar surface area (TPSA) is 48.1 Å². The molecule has 3 nitrogen and oxygen atoms in total. The largest absolute Gasteiger partial charge is 0.439 e. The third kappa shape index (κ3) is 2.86. The molecular weight excluding hydrogens is 299 g/mol. The summed E-state index contributed by atoms with van der Waals surface area (Å²) in [6.45, 7) is 2.25. The molecule has 1 aromatic carbocycles. The third-order valence-electron chi connectivity index (χ3n) is 2.51. The van der Waals surface area contributed by atoms with Crippen molar-refractivity contribution in [1.82, 2.24) is 4.98 Å². The van der Waals surface area contributed by atoms with E-state index < -0.39 is 0 Å². The van der Waals surface area contributed by atoms with Gasteiger partial charge in [-0.25, -0.2) is 9.37 Å². The fraction of sp³-hybridized carbons (Fsp3) is 0.154. The molecule has 1 aromatic heterocycles. The number of hydrogen-bond donors (Lipinski definition) is 1. The molecule has 2 N–H and O–H groups in total. The Labute approximate surface area is 113 Å². The third-order valence-corrected chi connectivity index (χ3v) is 2.96. The van der Waals surface area contributed by atoms with Crippen LogP contribution in [0.3, 0.4) is 0 Å². The van der Waals surface area contributed by atoms with Crippen LogP contribution in [0.4, 0.5) is 4.39 Å². The highest BCUT2D eigenvalue weighted by Crippen LogP contribution is 2.27. The number of benzene rings is 1. The smallest absolute Gasteiger partial charge is 0.223 e. The molecule has 0 atom stereocenters. The molecule has 94 valence electrons. The van der Waals surface area contributed by atoms with Gasteiger partial charge in [-0.05, 0) is 30.7 Å². The van der Waals surface area contributed by atoms with Gasteiger partial charge in [-0.15, -0.1) is 0 Å². The van der Waals surface area contributed by atoms with Crippen molar-refractivity contribution >= 4 is 15.9 Å². The van der Waals surface area contributed by atoms with E-state index in [2.05, 4.69) is 20.9 Å². The Morgan fingerprint density at radius 1 is 1.39 bits per heavy atom. The monoisotopic (exact) mass is 310 g/mol. The van der Waals surface area contributed by atoms with E-state index in [1.54, 1.807) is 12.3 Å². The van der Waals surface area contributed by atoms with Crippen molar-refractivity contribution in [3.63, 3.8) is 0 Å². The van der Waals surface area contributed by atoms with Crippen LogP contribution in [0.25, 0.3) is 0 Å². The molecule has 0 aliphatic carbocycles. The second-order valence-corrected chi connectivity index (χ2v) is 4.74. The summed E-state index contributed by atoms with van der Waals surface area (Å²) < 4.78 is 19.4. The molecule has 0 saturated heterocycles. The zero-order valence-corrected chi connectivity index (χ0v) is 11.4. The predicted octanol–water partition coefficient (Wildman–Crippen LogP) is 3.54. The molecular formula is C13H12BrFN2O. The number of halogens is 2. The van der Waals surface area contributed by atoms with Crippen molar-refractivity contribution in [2.75, 3.05) is 0 Å². The lowest BCUT2D eigenvalue weighted by Gasteiger charge is -2.11. The summed E-state index contributed by atoms with van der Waals surface area (Å²) in [7, 11) is 0. The second kappa shape index (κ2) is 5.46. The average Bonchev–Trinajstić information content (AvgIpc) is 2.27. The maximum Gasteiger partial charge on any atom is 0.223 e. The molecule has 0 spiro atoms. The summed E-state index contributed by atoms with van der Waals surface area (Å²) in [5.74, 6) is 0.422. The number of ether oxygens (including phenoxy) is 1. The van der Waals surface area contributed by atoms with Gasteiger partial charge in [0.1, 0.15) is 11.6 Å². The van der Waals surface area contributed by atoms with E-state index in [4.69, 9.17) is 10.5 Å². The van der Waals surface area contributed by atoms with Crippen LogP contribution in [0, 0.1) is 12.7 Å². The number of pyridine rings is 1. The van der Waals surface area contributed by atoms with Crippen molar-refractivity contribution < 1.29 is 9.13 Å². The minimum absolute atomic E-state index is 0.325. The lowest BCUT2D eigenvalue weighted by Crippen LogP contribution is -2.03. The Hall–Kier alpha value is -1.46. The standard InChI is InChI=1S/C13H12BrFN2O/c1-8-2-3-17-13(12(8)7-16)18-11-5-9(14)4-10(15)6-11/h2-6H,7,16H2,1H3. The maximum absolute atomic E-state index is 13.2. The fourth-order valence-electron chi connectivity index (χ4n) is 1.60. The van der Waals surface area contributed by atoms with Gasteiger partial charge >= 0.3 is 0 Å². The van der Waals surface area contributed by atoms with Gasteiger partial charge in [-0.3, -0.25) is 0 Å². The zero-order valence-electron chi connectivity index (χ0n) is 9.78. The molecule has 0 aliphatic heterocycles. The Morgan fingerprint density at radius 3 is 2.83 bits per heavy atom. The average molecular weight is 311 g/mol. The van der Waals surface area contributed by atoms with Crippen LogP contribution in [0.5, 0.6) is 11.6 Å². The minimum atomic E-state index is -0.374. The molecule has 2 rings (SSSR count). The number of rotatable bonds is 3. The lowest BCUT2D eigenvalue weighted by atomic mass is 10.1. The van der Waals surface area contributed by atoms with Gasteiger partial charge in [0.2, 0.25) is 5.88 Å². The van der Waals surface area contributed by atoms with Gasteiger partial charge in [0, 0.05) is 28.8 Å². The molecule has 18 heavy (non-hydrogen) atoms. The molecule has 0 radical (unpaired) electrons. The van der Waals surface area contributed by atoms with E-state index in [0.29, 0.717) is 22.6 Å². The SMILES string of the molecule is Cc1ccnc(Oc2cc(F)cc(Br)c2)c1CN. The number of hydrogen-bond acceptors (Lipinski definition) is 3. The van der Waals surface area contributed by atoms with Crippen molar-refractivity contribution in [2.24, 2.45) is 5.73 Å². The van der Waals surface area contributed by atoms with Gasteiger partial charge in [-0.1, -0.05) is 15.9 Å². The van der Waals surface area contributed by atoms with Crippen LogP contribution in [0.2, 0.25) is 0 Å². The van der Waals surface area contributed by atoms with E-state index in [9.17, 15) is 4.39 Å². The molecule has 5 heteroatoms. The number of nitrogens with zero attached hydrogens (tertiary/aromatic N) is 1. The van der Waals surface area contributed by atoms with Crippen LogP contribution < -0.4 is 10.5 Å². The molecule has 0 bridgehead atoms. The quantitative estimate of drug-likeness (QED) is 0.943. The molecule has 1 heterocycles. The van der Waals surface area contributed by atoms with Crippen LogP contribution in [0.1, 0.15) is 11.1 Å². The number of nitrogens with two attached hydrogens (primary N) is 1. The highest BCUT2D eigenvalue weighted by molar-refractivity contribution is 9.10. The lowest BCUT2D eigenvalue weighted by molar-refractivity contribution is 0.451. The van der Waals surface area contributed by atoms with Gasteiger partial charge in [0.15, 0.2) is 0 Å². The summed E-state index contributed by atoms with van der Waals surface area (Å²) in [6, 6.07) is 6.19. The van der Waals surface area contributed by atoms with E-state index in [0.717, 1.165) is 11.1 Å². The minimum Gasteiger partial charge on any atom is -0.439 e. The molecule has 2 aromatic rings. The van der Waals surface area contributed by atoms with Crippen molar-refractivity contribution in [1.29, 1.82) is 0 Å². The summed E-state index contributed by atoms with van der Waals surface area (Å²) in [5.41, 5.74) is 7.48.